The largest absolute Gasteiger partial charge is 0.466 e. The summed E-state index contributed by atoms with van der Waals surface area (Å²) in [5.74, 6) is -0.394. The molecular formula is C8H16O4. The number of hydrogen-bond acceptors (Lipinski definition) is 4. The molecule has 0 aliphatic heterocycles. The molecule has 0 radical (unpaired) electrons. The van der Waals surface area contributed by atoms with Crippen molar-refractivity contribution in [2.24, 2.45) is 0 Å². The monoisotopic (exact) mass is 176 g/mol. The van der Waals surface area contributed by atoms with Crippen LogP contribution < -0.4 is 0 Å². The van der Waals surface area contributed by atoms with Gasteiger partial charge in [-0.2, -0.15) is 0 Å². The molecule has 0 aromatic heterocycles. The highest BCUT2D eigenvalue weighted by atomic mass is 16.5. The fraction of sp³-hybridized carbons (Fsp3) is 0.625. The first-order chi connectivity index (χ1) is 5.72. The third kappa shape index (κ3) is 16.1. The molecule has 0 aliphatic carbocycles. The Bertz CT molecular complexity index is 108. The summed E-state index contributed by atoms with van der Waals surface area (Å²) in [5.41, 5.74) is 0. The van der Waals surface area contributed by atoms with Gasteiger partial charge >= 0.3 is 5.97 Å². The summed E-state index contributed by atoms with van der Waals surface area (Å²) in [4.78, 5) is 9.84. The van der Waals surface area contributed by atoms with E-state index in [9.17, 15) is 4.79 Å². The van der Waals surface area contributed by atoms with Gasteiger partial charge < -0.3 is 14.9 Å². The van der Waals surface area contributed by atoms with E-state index in [0.29, 0.717) is 0 Å². The molecule has 0 heterocycles. The Labute approximate surface area is 72.5 Å². The van der Waals surface area contributed by atoms with Gasteiger partial charge in [-0.15, -0.1) is 0 Å². The Morgan fingerprint density at radius 3 is 1.92 bits per heavy atom. The summed E-state index contributed by atoms with van der Waals surface area (Å²) >= 11 is 0. The predicted octanol–water partition coefficient (Wildman–Crippen LogP) is 0.0966. The first-order valence-corrected chi connectivity index (χ1v) is 3.65. The Hall–Kier alpha value is -0.870. The Balaban J connectivity index is 0. The van der Waals surface area contributed by atoms with Crippen LogP contribution in [0.4, 0.5) is 0 Å². The molecule has 72 valence electrons. The van der Waals surface area contributed by atoms with Gasteiger partial charge in [-0.1, -0.05) is 6.58 Å². The van der Waals surface area contributed by atoms with Gasteiger partial charge in [-0.25, -0.2) is 4.79 Å². The number of rotatable bonds is 4. The zero-order valence-corrected chi connectivity index (χ0v) is 7.32. The van der Waals surface area contributed by atoms with Crippen LogP contribution in [0, 0.1) is 0 Å². The highest BCUT2D eigenvalue weighted by molar-refractivity contribution is 5.80. The number of aliphatic hydroxyl groups excluding tert-OH is 2. The minimum atomic E-state index is -0.394. The minimum absolute atomic E-state index is 0.195. The molecule has 0 saturated carbocycles. The van der Waals surface area contributed by atoms with E-state index in [1.807, 2.05) is 0 Å². The molecule has 0 fully saturated rings. The topological polar surface area (TPSA) is 66.8 Å². The fourth-order valence-corrected chi connectivity index (χ4v) is 0.307. The number of carbonyl (C=O) groups is 1. The van der Waals surface area contributed by atoms with Gasteiger partial charge in [0.05, 0.1) is 7.11 Å². The first kappa shape index (κ1) is 13.7. The van der Waals surface area contributed by atoms with Crippen LogP contribution in [0.5, 0.6) is 0 Å². The average Bonchev–Trinajstić information content (AvgIpc) is 2.14. The van der Waals surface area contributed by atoms with Gasteiger partial charge in [0, 0.05) is 19.3 Å². The van der Waals surface area contributed by atoms with Crippen molar-refractivity contribution in [1.82, 2.24) is 0 Å². The second-order valence-electron chi connectivity index (χ2n) is 1.88. The van der Waals surface area contributed by atoms with Gasteiger partial charge in [0.2, 0.25) is 0 Å². The summed E-state index contributed by atoms with van der Waals surface area (Å²) in [5, 5.41) is 16.2. The summed E-state index contributed by atoms with van der Waals surface area (Å²) in [6.07, 6.45) is 2.55. The van der Waals surface area contributed by atoms with Crippen LogP contribution >= 0.6 is 0 Å². The highest BCUT2D eigenvalue weighted by Crippen LogP contribution is 1.80. The summed E-state index contributed by atoms with van der Waals surface area (Å²) in [6.45, 7) is 3.55. The van der Waals surface area contributed by atoms with Crippen molar-refractivity contribution in [3.05, 3.63) is 12.7 Å². The molecule has 4 heteroatoms. The number of unbranched alkanes of at least 4 members (excludes halogenated alkanes) is 1. The zero-order valence-electron chi connectivity index (χ0n) is 7.32. The first-order valence-electron chi connectivity index (χ1n) is 3.65. The molecule has 0 aromatic rings. The van der Waals surface area contributed by atoms with Crippen LogP contribution in [-0.2, 0) is 9.53 Å². The smallest absolute Gasteiger partial charge is 0.329 e. The zero-order chi connectivity index (χ0) is 9.82. The van der Waals surface area contributed by atoms with Gasteiger partial charge in [-0.05, 0) is 12.8 Å². The Morgan fingerprint density at radius 2 is 1.83 bits per heavy atom. The number of hydrogen-bond donors (Lipinski definition) is 2. The van der Waals surface area contributed by atoms with E-state index in [-0.39, 0.29) is 13.2 Å². The van der Waals surface area contributed by atoms with E-state index >= 15 is 0 Å². The third-order valence-electron chi connectivity index (χ3n) is 0.934. The number of ether oxygens (including phenoxy) is 1. The van der Waals surface area contributed by atoms with Crippen molar-refractivity contribution in [1.29, 1.82) is 0 Å². The number of esters is 1. The van der Waals surface area contributed by atoms with Gasteiger partial charge in [0.25, 0.3) is 0 Å². The highest BCUT2D eigenvalue weighted by Gasteiger charge is 1.81. The molecule has 0 saturated heterocycles. The maximum atomic E-state index is 9.84. The van der Waals surface area contributed by atoms with Gasteiger partial charge in [0.1, 0.15) is 0 Å². The lowest BCUT2D eigenvalue weighted by Gasteiger charge is -1.85. The van der Waals surface area contributed by atoms with E-state index < -0.39 is 5.97 Å². The molecule has 0 amide bonds. The standard InChI is InChI=1S/C4H6O2.C4H10O2/c1-3-4(5)6-2;5-3-1-2-4-6/h3H,1H2,2H3;5-6H,1-4H2. The molecule has 0 bridgehead atoms. The molecule has 2 N–H and O–H groups in total. The number of methoxy groups -OCH3 is 1. The molecule has 0 aromatic carbocycles. The van der Waals surface area contributed by atoms with E-state index in [1.165, 1.54) is 7.11 Å². The lowest BCUT2D eigenvalue weighted by atomic mass is 10.3. The predicted molar refractivity (Wildman–Crippen MR) is 45.6 cm³/mol. The Morgan fingerprint density at radius 1 is 1.42 bits per heavy atom. The van der Waals surface area contributed by atoms with E-state index in [4.69, 9.17) is 10.2 Å². The van der Waals surface area contributed by atoms with Crippen molar-refractivity contribution in [2.45, 2.75) is 12.8 Å². The summed E-state index contributed by atoms with van der Waals surface area (Å²) in [7, 11) is 1.31. The normalized spacial score (nSPS) is 7.92. The summed E-state index contributed by atoms with van der Waals surface area (Å²) < 4.78 is 4.14. The lowest BCUT2D eigenvalue weighted by Crippen LogP contribution is -1.91. The molecule has 0 aliphatic rings. The fourth-order valence-electron chi connectivity index (χ4n) is 0.307. The molecule has 0 spiro atoms. The van der Waals surface area contributed by atoms with Gasteiger partial charge in [0.15, 0.2) is 0 Å². The van der Waals surface area contributed by atoms with Crippen molar-refractivity contribution in [3.8, 4) is 0 Å². The molecule has 4 nitrogen and oxygen atoms in total. The van der Waals surface area contributed by atoms with Crippen molar-refractivity contribution >= 4 is 5.97 Å². The van der Waals surface area contributed by atoms with Crippen molar-refractivity contribution in [2.75, 3.05) is 20.3 Å². The summed E-state index contributed by atoms with van der Waals surface area (Å²) in [6, 6.07) is 0. The van der Waals surface area contributed by atoms with Crippen LogP contribution in [0.25, 0.3) is 0 Å². The van der Waals surface area contributed by atoms with Crippen LogP contribution in [0.15, 0.2) is 12.7 Å². The molecule has 0 rings (SSSR count). The average molecular weight is 176 g/mol. The number of carbonyl (C=O) groups excluding carboxylic acids is 1. The molecule has 12 heavy (non-hydrogen) atoms. The van der Waals surface area contributed by atoms with Crippen LogP contribution in [0.3, 0.4) is 0 Å². The second kappa shape index (κ2) is 12.8. The van der Waals surface area contributed by atoms with Crippen LogP contribution in [0.2, 0.25) is 0 Å². The van der Waals surface area contributed by atoms with Gasteiger partial charge in [-0.3, -0.25) is 0 Å². The molecule has 0 atom stereocenters. The maximum Gasteiger partial charge on any atom is 0.329 e. The second-order valence-corrected chi connectivity index (χ2v) is 1.88. The van der Waals surface area contributed by atoms with Crippen molar-refractivity contribution < 1.29 is 19.7 Å². The van der Waals surface area contributed by atoms with E-state index in [1.54, 1.807) is 0 Å². The lowest BCUT2D eigenvalue weighted by molar-refractivity contribution is -0.134. The van der Waals surface area contributed by atoms with E-state index in [0.717, 1.165) is 18.9 Å². The number of aliphatic hydroxyl groups is 2. The van der Waals surface area contributed by atoms with E-state index in [2.05, 4.69) is 11.3 Å². The van der Waals surface area contributed by atoms with Crippen molar-refractivity contribution in [3.63, 3.8) is 0 Å². The third-order valence-corrected chi connectivity index (χ3v) is 0.934. The molecule has 0 unspecified atom stereocenters. The van der Waals surface area contributed by atoms with Crippen LogP contribution in [0.1, 0.15) is 12.8 Å². The molecular weight excluding hydrogens is 160 g/mol. The SMILES string of the molecule is C=CC(=O)OC.OCCCCO. The minimum Gasteiger partial charge on any atom is -0.466 e. The quantitative estimate of drug-likeness (QED) is 0.362. The van der Waals surface area contributed by atoms with Crippen LogP contribution in [-0.4, -0.2) is 36.5 Å². The maximum absolute atomic E-state index is 9.84. The Kier molecular flexibility index (Phi) is 14.6.